The van der Waals surface area contributed by atoms with Crippen molar-refractivity contribution in [1.29, 1.82) is 0 Å². The maximum absolute atomic E-state index is 13.5. The largest absolute Gasteiger partial charge is 0.344 e. The van der Waals surface area contributed by atoms with Crippen molar-refractivity contribution in [3.8, 4) is 11.8 Å². The fourth-order valence-corrected chi connectivity index (χ4v) is 3.88. The lowest BCUT2D eigenvalue weighted by molar-refractivity contribution is 0.737. The quantitative estimate of drug-likeness (QED) is 0.490. The van der Waals surface area contributed by atoms with Crippen molar-refractivity contribution >= 4 is 27.8 Å². The van der Waals surface area contributed by atoms with Crippen LogP contribution in [-0.4, -0.2) is 39.2 Å². The molecular weight excluding hydrogens is 388 g/mol. The van der Waals surface area contributed by atoms with Gasteiger partial charge in [-0.05, 0) is 31.4 Å². The van der Waals surface area contributed by atoms with Crippen LogP contribution in [0.15, 0.2) is 47.4 Å². The maximum atomic E-state index is 13.5. The van der Waals surface area contributed by atoms with Gasteiger partial charge in [0.05, 0.1) is 24.3 Å². The first-order valence-corrected chi connectivity index (χ1v) is 10.3. The van der Waals surface area contributed by atoms with Gasteiger partial charge in [-0.1, -0.05) is 30.2 Å². The van der Waals surface area contributed by atoms with E-state index in [9.17, 15) is 4.79 Å². The molecule has 7 heteroatoms. The molecule has 0 radical (unpaired) electrons. The zero-order valence-electron chi connectivity index (χ0n) is 18.1. The molecule has 1 aromatic carbocycles. The van der Waals surface area contributed by atoms with Gasteiger partial charge < -0.3 is 15.2 Å². The molecule has 0 spiro atoms. The van der Waals surface area contributed by atoms with E-state index in [1.807, 2.05) is 47.7 Å². The summed E-state index contributed by atoms with van der Waals surface area (Å²) in [7, 11) is 1.92. The Morgan fingerprint density at radius 1 is 1.19 bits per heavy atom. The average Bonchev–Trinajstić information content (AvgIpc) is 3.13. The number of aromatic nitrogens is 4. The van der Waals surface area contributed by atoms with Crippen molar-refractivity contribution in [2.75, 3.05) is 25.0 Å². The summed E-state index contributed by atoms with van der Waals surface area (Å²) in [6, 6.07) is 12.1. The fourth-order valence-electron chi connectivity index (χ4n) is 3.88. The van der Waals surface area contributed by atoms with Crippen LogP contribution in [0.5, 0.6) is 0 Å². The number of nitrogens with two attached hydrogens (primary N) is 1. The number of benzene rings is 1. The summed E-state index contributed by atoms with van der Waals surface area (Å²) in [6.45, 7) is 5.67. The number of fused-ring (bicyclic) bond motifs is 2. The minimum atomic E-state index is -0.109. The van der Waals surface area contributed by atoms with Crippen LogP contribution in [0.4, 0.5) is 5.95 Å². The third-order valence-electron chi connectivity index (χ3n) is 5.34. The van der Waals surface area contributed by atoms with Gasteiger partial charge in [-0.15, -0.1) is 5.92 Å². The zero-order chi connectivity index (χ0) is 22.0. The van der Waals surface area contributed by atoms with Gasteiger partial charge in [-0.3, -0.25) is 14.3 Å². The molecule has 31 heavy (non-hydrogen) atoms. The highest BCUT2D eigenvalue weighted by Gasteiger charge is 2.18. The van der Waals surface area contributed by atoms with Crippen molar-refractivity contribution in [3.05, 3.63) is 64.3 Å². The van der Waals surface area contributed by atoms with Crippen LogP contribution < -0.4 is 16.2 Å². The number of likely N-dealkylation sites (N-methyl/N-ethyl adjacent to an activating group) is 1. The lowest BCUT2D eigenvalue weighted by Gasteiger charge is -2.17. The fraction of sp³-hybridized carbons (Fsp3) is 0.292. The first kappa shape index (κ1) is 20.6. The molecule has 0 saturated carbocycles. The number of anilines is 1. The molecule has 7 nitrogen and oxygen atoms in total. The standard InChI is InChI=1S/C24H26N6O/c1-4-5-12-30-22-20(27-24(30)28(3)14-11-25)10-13-29(23(22)31)16-21-19-9-7-6-8-18(19)15-17(2)26-21/h6-10,13,15H,11-12,14,16,25H2,1-3H3. The molecule has 2 N–H and O–H groups in total. The molecule has 0 atom stereocenters. The minimum Gasteiger partial charge on any atom is -0.344 e. The second-order valence-electron chi connectivity index (χ2n) is 7.55. The van der Waals surface area contributed by atoms with E-state index in [2.05, 4.69) is 24.0 Å². The molecule has 4 aromatic rings. The van der Waals surface area contributed by atoms with Crippen molar-refractivity contribution < 1.29 is 0 Å². The predicted octanol–water partition coefficient (Wildman–Crippen LogP) is 2.52. The highest BCUT2D eigenvalue weighted by molar-refractivity contribution is 5.85. The summed E-state index contributed by atoms with van der Waals surface area (Å²) in [6.07, 6.45) is 1.79. The summed E-state index contributed by atoms with van der Waals surface area (Å²) in [5.41, 5.74) is 8.62. The molecule has 3 aromatic heterocycles. The smallest absolute Gasteiger partial charge is 0.277 e. The normalized spacial score (nSPS) is 11.0. The Hall–Kier alpha value is -3.63. The van der Waals surface area contributed by atoms with Gasteiger partial charge in [-0.2, -0.15) is 0 Å². The summed E-state index contributed by atoms with van der Waals surface area (Å²) in [5.74, 6) is 6.66. The molecule has 158 valence electrons. The van der Waals surface area contributed by atoms with Crippen molar-refractivity contribution in [3.63, 3.8) is 0 Å². The van der Waals surface area contributed by atoms with Crippen molar-refractivity contribution in [1.82, 2.24) is 19.1 Å². The van der Waals surface area contributed by atoms with Crippen molar-refractivity contribution in [2.24, 2.45) is 5.73 Å². The van der Waals surface area contributed by atoms with Gasteiger partial charge in [0, 0.05) is 37.4 Å². The molecule has 0 aliphatic heterocycles. The number of imidazole rings is 1. The molecule has 0 aliphatic rings. The highest BCUT2D eigenvalue weighted by Crippen LogP contribution is 2.21. The monoisotopic (exact) mass is 414 g/mol. The van der Waals surface area contributed by atoms with E-state index in [1.54, 1.807) is 17.7 Å². The molecule has 0 saturated heterocycles. The van der Waals surface area contributed by atoms with Crippen LogP contribution in [-0.2, 0) is 13.1 Å². The van der Waals surface area contributed by atoms with Crippen LogP contribution in [0.2, 0.25) is 0 Å². The molecule has 0 unspecified atom stereocenters. The molecule has 0 bridgehead atoms. The Balaban J connectivity index is 1.86. The predicted molar refractivity (Wildman–Crippen MR) is 125 cm³/mol. The average molecular weight is 415 g/mol. The number of pyridine rings is 2. The summed E-state index contributed by atoms with van der Waals surface area (Å²) in [5, 5.41) is 2.17. The van der Waals surface area contributed by atoms with Crippen LogP contribution in [0.1, 0.15) is 18.3 Å². The van der Waals surface area contributed by atoms with E-state index < -0.39 is 0 Å². The van der Waals surface area contributed by atoms with Gasteiger partial charge in [0.1, 0.15) is 5.52 Å². The Bertz CT molecular complexity index is 1370. The molecular formula is C24H26N6O. The Morgan fingerprint density at radius 3 is 2.77 bits per heavy atom. The van der Waals surface area contributed by atoms with Crippen LogP contribution in [0, 0.1) is 18.8 Å². The van der Waals surface area contributed by atoms with Gasteiger partial charge >= 0.3 is 0 Å². The van der Waals surface area contributed by atoms with Crippen LogP contribution in [0.3, 0.4) is 0 Å². The SMILES string of the molecule is CC#CCn1c(N(C)CCN)nc2ccn(Cc3nc(C)cc4ccccc34)c(=O)c21. The maximum Gasteiger partial charge on any atom is 0.277 e. The number of aryl methyl sites for hydroxylation is 1. The molecule has 4 rings (SSSR count). The zero-order valence-corrected chi connectivity index (χ0v) is 18.1. The Kier molecular flexibility index (Phi) is 5.74. The third kappa shape index (κ3) is 3.90. The van der Waals surface area contributed by atoms with Gasteiger partial charge in [0.25, 0.3) is 5.56 Å². The lowest BCUT2D eigenvalue weighted by atomic mass is 10.1. The van der Waals surface area contributed by atoms with Crippen LogP contribution in [0.25, 0.3) is 21.8 Å². The minimum absolute atomic E-state index is 0.109. The van der Waals surface area contributed by atoms with E-state index in [4.69, 9.17) is 15.7 Å². The number of nitrogens with zero attached hydrogens (tertiary/aromatic N) is 5. The topological polar surface area (TPSA) is 82.0 Å². The van der Waals surface area contributed by atoms with E-state index in [-0.39, 0.29) is 5.56 Å². The van der Waals surface area contributed by atoms with E-state index in [1.165, 1.54) is 0 Å². The van der Waals surface area contributed by atoms with E-state index >= 15 is 0 Å². The molecule has 0 fully saturated rings. The number of hydrogen-bond acceptors (Lipinski definition) is 5. The van der Waals surface area contributed by atoms with Gasteiger partial charge in [0.2, 0.25) is 5.95 Å². The number of rotatable bonds is 6. The molecule has 0 amide bonds. The first-order valence-electron chi connectivity index (χ1n) is 10.3. The van der Waals surface area contributed by atoms with Gasteiger partial charge in [0.15, 0.2) is 0 Å². The Morgan fingerprint density at radius 2 is 2.00 bits per heavy atom. The lowest BCUT2D eigenvalue weighted by Crippen LogP contribution is -2.28. The number of hydrogen-bond donors (Lipinski definition) is 1. The second kappa shape index (κ2) is 8.62. The van der Waals surface area contributed by atoms with Crippen LogP contribution >= 0.6 is 0 Å². The summed E-state index contributed by atoms with van der Waals surface area (Å²) < 4.78 is 3.57. The molecule has 3 heterocycles. The first-order chi connectivity index (χ1) is 15.0. The molecule has 0 aliphatic carbocycles. The Labute approximate surface area is 181 Å². The van der Waals surface area contributed by atoms with Gasteiger partial charge in [-0.25, -0.2) is 4.98 Å². The van der Waals surface area contributed by atoms with E-state index in [0.717, 1.165) is 22.2 Å². The summed E-state index contributed by atoms with van der Waals surface area (Å²) in [4.78, 5) is 24.9. The second-order valence-corrected chi connectivity index (χ2v) is 7.55. The highest BCUT2D eigenvalue weighted by atomic mass is 16.1. The summed E-state index contributed by atoms with van der Waals surface area (Å²) >= 11 is 0. The van der Waals surface area contributed by atoms with Crippen molar-refractivity contribution in [2.45, 2.75) is 26.9 Å². The van der Waals surface area contributed by atoms with E-state index in [0.29, 0.717) is 43.2 Å². The third-order valence-corrected chi connectivity index (χ3v) is 5.34.